The number of benzene rings is 2. The highest BCUT2D eigenvalue weighted by Crippen LogP contribution is 2.27. The second-order valence-corrected chi connectivity index (χ2v) is 7.50. The summed E-state index contributed by atoms with van der Waals surface area (Å²) < 4.78 is 0. The monoisotopic (exact) mass is 420 g/mol. The van der Waals surface area contributed by atoms with E-state index in [0.29, 0.717) is 28.5 Å². The van der Waals surface area contributed by atoms with E-state index in [9.17, 15) is 9.59 Å². The van der Waals surface area contributed by atoms with Crippen molar-refractivity contribution in [3.05, 3.63) is 69.2 Å². The number of aryl methyl sites for hydroxylation is 2. The van der Waals surface area contributed by atoms with E-state index in [2.05, 4.69) is 24.4 Å². The molecule has 1 N–H and O–H groups in total. The van der Waals surface area contributed by atoms with Crippen molar-refractivity contribution in [1.29, 1.82) is 0 Å². The fourth-order valence-corrected chi connectivity index (χ4v) is 3.50. The molecule has 28 heavy (non-hydrogen) atoms. The van der Waals surface area contributed by atoms with E-state index in [1.807, 2.05) is 12.1 Å². The first-order valence-electron chi connectivity index (χ1n) is 9.39. The van der Waals surface area contributed by atoms with Gasteiger partial charge in [-0.3, -0.25) is 9.59 Å². The van der Waals surface area contributed by atoms with Gasteiger partial charge in [0.25, 0.3) is 0 Å². The minimum Gasteiger partial charge on any atom is -0.357 e. The van der Waals surface area contributed by atoms with E-state index >= 15 is 0 Å². The number of halogens is 2. The van der Waals surface area contributed by atoms with Gasteiger partial charge in [-0.15, -0.1) is 0 Å². The van der Waals surface area contributed by atoms with E-state index in [1.165, 1.54) is 10.5 Å². The lowest BCUT2D eigenvalue weighted by Crippen LogP contribution is -2.46. The summed E-state index contributed by atoms with van der Waals surface area (Å²) in [5, 5.41) is 3.56. The fourth-order valence-electron chi connectivity index (χ4n) is 2.98. The molecule has 2 aromatic rings. The number of hydrogen-bond donors (Lipinski definition) is 1. The number of carbonyl (C=O) groups excluding carboxylic acids is 2. The van der Waals surface area contributed by atoms with Crippen molar-refractivity contribution in [3.8, 4) is 0 Å². The van der Waals surface area contributed by atoms with Crippen LogP contribution in [-0.4, -0.2) is 29.8 Å². The third-order valence-corrected chi connectivity index (χ3v) is 5.57. The van der Waals surface area contributed by atoms with Gasteiger partial charge in [0, 0.05) is 35.6 Å². The molecule has 6 heteroatoms. The Morgan fingerprint density at radius 1 is 1.04 bits per heavy atom. The largest absolute Gasteiger partial charge is 0.357 e. The van der Waals surface area contributed by atoms with Gasteiger partial charge in [0.1, 0.15) is 6.04 Å². The Bertz CT molecular complexity index is 802. The minimum atomic E-state index is -0.632. The van der Waals surface area contributed by atoms with Crippen molar-refractivity contribution in [2.75, 3.05) is 7.05 Å². The second kappa shape index (κ2) is 10.5. The molecule has 1 atom stereocenters. The summed E-state index contributed by atoms with van der Waals surface area (Å²) >= 11 is 12.5. The highest BCUT2D eigenvalue weighted by atomic mass is 35.5. The number of hydrogen-bond acceptors (Lipinski definition) is 2. The number of carbonyl (C=O) groups is 2. The van der Waals surface area contributed by atoms with Crippen LogP contribution in [-0.2, 0) is 29.0 Å². The molecule has 150 valence electrons. The molecular formula is C22H26Cl2N2O2. The standard InChI is InChI=1S/C22H26Cl2N2O2/c1-4-16-8-10-17(11-9-16)12-13-21(27)26(15(2)22(28)25-3)14-18-19(23)6-5-7-20(18)24/h5-11,15H,4,12-14H2,1-3H3,(H,25,28)/t15-/m1/s1. The Labute approximate surface area is 176 Å². The summed E-state index contributed by atoms with van der Waals surface area (Å²) in [6, 6.07) is 12.8. The molecule has 0 fully saturated rings. The minimum absolute atomic E-state index is 0.119. The second-order valence-electron chi connectivity index (χ2n) is 6.68. The van der Waals surface area contributed by atoms with Crippen molar-refractivity contribution in [2.45, 2.75) is 45.7 Å². The van der Waals surface area contributed by atoms with Gasteiger partial charge in [0.05, 0.1) is 0 Å². The van der Waals surface area contributed by atoms with E-state index in [-0.39, 0.29) is 18.4 Å². The Hall–Kier alpha value is -2.04. The summed E-state index contributed by atoms with van der Waals surface area (Å²) in [6.07, 6.45) is 1.89. The van der Waals surface area contributed by atoms with Gasteiger partial charge in [-0.1, -0.05) is 60.5 Å². The van der Waals surface area contributed by atoms with Gasteiger partial charge in [-0.2, -0.15) is 0 Å². The molecule has 0 saturated carbocycles. The van der Waals surface area contributed by atoms with Gasteiger partial charge >= 0.3 is 0 Å². The summed E-state index contributed by atoms with van der Waals surface area (Å²) in [4.78, 5) is 26.7. The van der Waals surface area contributed by atoms with E-state index in [1.54, 1.807) is 32.2 Å². The lowest BCUT2D eigenvalue weighted by Gasteiger charge is -2.29. The molecule has 0 saturated heterocycles. The van der Waals surface area contributed by atoms with Crippen LogP contribution in [0.4, 0.5) is 0 Å². The van der Waals surface area contributed by atoms with Crippen molar-refractivity contribution in [3.63, 3.8) is 0 Å². The molecule has 0 aliphatic carbocycles. The summed E-state index contributed by atoms with van der Waals surface area (Å²) in [5.41, 5.74) is 2.99. The first kappa shape index (κ1) is 22.3. The SMILES string of the molecule is CCc1ccc(CCC(=O)N(Cc2c(Cl)cccc2Cl)[C@H](C)C(=O)NC)cc1. The van der Waals surface area contributed by atoms with Gasteiger partial charge in [0.15, 0.2) is 0 Å². The smallest absolute Gasteiger partial charge is 0.242 e. The average molecular weight is 421 g/mol. The predicted molar refractivity (Wildman–Crippen MR) is 115 cm³/mol. The third-order valence-electron chi connectivity index (χ3n) is 4.86. The molecule has 2 amide bonds. The Morgan fingerprint density at radius 3 is 2.14 bits per heavy atom. The summed E-state index contributed by atoms with van der Waals surface area (Å²) in [6.45, 7) is 3.99. The maximum Gasteiger partial charge on any atom is 0.242 e. The summed E-state index contributed by atoms with van der Waals surface area (Å²) in [7, 11) is 1.55. The van der Waals surface area contributed by atoms with Crippen LogP contribution in [0.25, 0.3) is 0 Å². The molecule has 4 nitrogen and oxygen atoms in total. The molecule has 2 rings (SSSR count). The van der Waals surface area contributed by atoms with Crippen LogP contribution < -0.4 is 5.32 Å². The predicted octanol–water partition coefficient (Wildman–Crippen LogP) is 4.65. The van der Waals surface area contributed by atoms with Crippen LogP contribution in [0.1, 0.15) is 37.0 Å². The van der Waals surface area contributed by atoms with Gasteiger partial charge in [0.2, 0.25) is 11.8 Å². The maximum atomic E-state index is 13.0. The number of nitrogens with zero attached hydrogens (tertiary/aromatic N) is 1. The Kier molecular flexibility index (Phi) is 8.34. The van der Waals surface area contributed by atoms with Crippen LogP contribution in [0.15, 0.2) is 42.5 Å². The van der Waals surface area contributed by atoms with Crippen LogP contribution in [0.5, 0.6) is 0 Å². The van der Waals surface area contributed by atoms with Crippen molar-refractivity contribution >= 4 is 35.0 Å². The zero-order chi connectivity index (χ0) is 20.7. The van der Waals surface area contributed by atoms with Gasteiger partial charge in [-0.25, -0.2) is 0 Å². The Morgan fingerprint density at radius 2 is 1.61 bits per heavy atom. The van der Waals surface area contributed by atoms with E-state index < -0.39 is 6.04 Å². The average Bonchev–Trinajstić information content (AvgIpc) is 2.71. The van der Waals surface area contributed by atoms with Crippen LogP contribution >= 0.6 is 23.2 Å². The Balaban J connectivity index is 2.17. The zero-order valence-electron chi connectivity index (χ0n) is 16.5. The van der Waals surface area contributed by atoms with Crippen molar-refractivity contribution in [1.82, 2.24) is 10.2 Å². The molecule has 0 unspecified atom stereocenters. The number of nitrogens with one attached hydrogen (secondary N) is 1. The zero-order valence-corrected chi connectivity index (χ0v) is 18.0. The van der Waals surface area contributed by atoms with Gasteiger partial charge < -0.3 is 10.2 Å². The molecule has 0 aromatic heterocycles. The lowest BCUT2D eigenvalue weighted by atomic mass is 10.0. The molecular weight excluding hydrogens is 395 g/mol. The van der Waals surface area contributed by atoms with E-state index in [4.69, 9.17) is 23.2 Å². The first-order valence-corrected chi connectivity index (χ1v) is 10.1. The number of rotatable bonds is 8. The quantitative estimate of drug-likeness (QED) is 0.675. The molecule has 0 aliphatic rings. The third kappa shape index (κ3) is 5.73. The highest BCUT2D eigenvalue weighted by Gasteiger charge is 2.26. The van der Waals surface area contributed by atoms with Crippen molar-refractivity contribution < 1.29 is 9.59 Å². The lowest BCUT2D eigenvalue weighted by molar-refractivity contribution is -0.140. The number of amides is 2. The van der Waals surface area contributed by atoms with Crippen LogP contribution in [0.3, 0.4) is 0 Å². The van der Waals surface area contributed by atoms with Gasteiger partial charge in [-0.05, 0) is 43.0 Å². The molecule has 0 radical (unpaired) electrons. The van der Waals surface area contributed by atoms with Crippen molar-refractivity contribution in [2.24, 2.45) is 0 Å². The first-order chi connectivity index (χ1) is 13.4. The highest BCUT2D eigenvalue weighted by molar-refractivity contribution is 6.36. The molecule has 2 aromatic carbocycles. The van der Waals surface area contributed by atoms with E-state index in [0.717, 1.165) is 12.0 Å². The molecule has 0 heterocycles. The molecule has 0 spiro atoms. The van der Waals surface area contributed by atoms with Crippen LogP contribution in [0, 0.1) is 0 Å². The number of likely N-dealkylation sites (N-methyl/N-ethyl adjacent to an activating group) is 1. The normalized spacial score (nSPS) is 11.8. The maximum absolute atomic E-state index is 13.0. The summed E-state index contributed by atoms with van der Waals surface area (Å²) in [5.74, 6) is -0.351. The topological polar surface area (TPSA) is 49.4 Å². The molecule has 0 bridgehead atoms. The fraction of sp³-hybridized carbons (Fsp3) is 0.364. The van der Waals surface area contributed by atoms with Crippen LogP contribution in [0.2, 0.25) is 10.0 Å². The molecule has 0 aliphatic heterocycles.